The van der Waals surface area contributed by atoms with Crippen LogP contribution < -0.4 is 10.1 Å². The zero-order valence-electron chi connectivity index (χ0n) is 9.03. The van der Waals surface area contributed by atoms with E-state index < -0.39 is 0 Å². The summed E-state index contributed by atoms with van der Waals surface area (Å²) in [7, 11) is 1.71. The van der Waals surface area contributed by atoms with Crippen molar-refractivity contribution >= 4 is 11.8 Å². The van der Waals surface area contributed by atoms with Gasteiger partial charge in [-0.3, -0.25) is 0 Å². The van der Waals surface area contributed by atoms with Crippen molar-refractivity contribution < 1.29 is 4.74 Å². The molecule has 0 radical (unpaired) electrons. The topological polar surface area (TPSA) is 21.3 Å². The first-order chi connectivity index (χ1) is 7.38. The fourth-order valence-electron chi connectivity index (χ4n) is 1.57. The van der Waals surface area contributed by atoms with Crippen molar-refractivity contribution in [3.63, 3.8) is 0 Å². The maximum atomic E-state index is 5.19. The van der Waals surface area contributed by atoms with Gasteiger partial charge in [-0.15, -0.1) is 0 Å². The molecule has 0 aliphatic carbocycles. The van der Waals surface area contributed by atoms with Crippen LogP contribution in [0.2, 0.25) is 0 Å². The van der Waals surface area contributed by atoms with Crippen LogP contribution in [0.1, 0.15) is 12.0 Å². The summed E-state index contributed by atoms with van der Waals surface area (Å²) in [5.74, 6) is 3.25. The molecule has 1 N–H and O–H groups in total. The van der Waals surface area contributed by atoms with Gasteiger partial charge in [0.2, 0.25) is 0 Å². The fourth-order valence-corrected chi connectivity index (χ4v) is 2.67. The van der Waals surface area contributed by atoms with E-state index in [4.69, 9.17) is 4.74 Å². The Morgan fingerprint density at radius 1 is 1.53 bits per heavy atom. The smallest absolute Gasteiger partial charge is 0.119 e. The molecule has 15 heavy (non-hydrogen) atoms. The van der Waals surface area contributed by atoms with Crippen molar-refractivity contribution in [2.24, 2.45) is 0 Å². The van der Waals surface area contributed by atoms with Crippen LogP contribution >= 0.6 is 11.8 Å². The summed E-state index contributed by atoms with van der Waals surface area (Å²) in [5.41, 5.74) is 1.35. The van der Waals surface area contributed by atoms with Gasteiger partial charge in [0, 0.05) is 17.5 Å². The average Bonchev–Trinajstić information content (AvgIpc) is 2.22. The molecule has 1 atom stereocenters. The standard InChI is InChI=1S/C12H17NOS/c1-14-12-4-2-3-10(7-12)8-15-9-11-5-6-13-11/h2-4,7,11,13H,5-6,8-9H2,1H3. The quantitative estimate of drug-likeness (QED) is 0.827. The highest BCUT2D eigenvalue weighted by Gasteiger charge is 2.15. The minimum absolute atomic E-state index is 0.751. The number of benzene rings is 1. The molecular formula is C12H17NOS. The highest BCUT2D eigenvalue weighted by molar-refractivity contribution is 7.98. The first kappa shape index (κ1) is 10.8. The third-order valence-electron chi connectivity index (χ3n) is 2.65. The van der Waals surface area contributed by atoms with E-state index >= 15 is 0 Å². The van der Waals surface area contributed by atoms with E-state index in [1.807, 2.05) is 17.8 Å². The van der Waals surface area contributed by atoms with E-state index in [-0.39, 0.29) is 0 Å². The molecule has 1 saturated heterocycles. The van der Waals surface area contributed by atoms with Gasteiger partial charge < -0.3 is 10.1 Å². The lowest BCUT2D eigenvalue weighted by Crippen LogP contribution is -2.44. The second-order valence-corrected chi connectivity index (χ2v) is 4.84. The summed E-state index contributed by atoms with van der Waals surface area (Å²) >= 11 is 1.99. The van der Waals surface area contributed by atoms with Gasteiger partial charge in [0.15, 0.2) is 0 Å². The normalized spacial score (nSPS) is 19.7. The SMILES string of the molecule is COc1cccc(CSCC2CCN2)c1. The van der Waals surface area contributed by atoms with Gasteiger partial charge in [-0.05, 0) is 30.7 Å². The number of methoxy groups -OCH3 is 1. The number of ether oxygens (including phenoxy) is 1. The largest absolute Gasteiger partial charge is 0.497 e. The second kappa shape index (κ2) is 5.42. The van der Waals surface area contributed by atoms with Crippen molar-refractivity contribution in [3.8, 4) is 5.75 Å². The summed E-state index contributed by atoms with van der Waals surface area (Å²) < 4.78 is 5.19. The van der Waals surface area contributed by atoms with Crippen LogP contribution in [0.5, 0.6) is 5.75 Å². The first-order valence-electron chi connectivity index (χ1n) is 5.32. The van der Waals surface area contributed by atoms with Crippen molar-refractivity contribution in [2.75, 3.05) is 19.4 Å². The Labute approximate surface area is 95.4 Å². The van der Waals surface area contributed by atoms with Crippen molar-refractivity contribution in [3.05, 3.63) is 29.8 Å². The van der Waals surface area contributed by atoms with Gasteiger partial charge in [0.05, 0.1) is 7.11 Å². The van der Waals surface area contributed by atoms with Gasteiger partial charge >= 0.3 is 0 Å². The molecule has 82 valence electrons. The third kappa shape index (κ3) is 3.14. The molecule has 1 aromatic carbocycles. The summed E-state index contributed by atoms with van der Waals surface area (Å²) in [6.45, 7) is 1.20. The van der Waals surface area contributed by atoms with Crippen LogP contribution in [0.4, 0.5) is 0 Å². The molecule has 0 aromatic heterocycles. The molecule has 0 spiro atoms. The molecule has 2 nitrogen and oxygen atoms in total. The van der Waals surface area contributed by atoms with Gasteiger partial charge in [0.1, 0.15) is 5.75 Å². The minimum atomic E-state index is 0.751. The summed E-state index contributed by atoms with van der Waals surface area (Å²) in [5, 5.41) is 3.41. The van der Waals surface area contributed by atoms with Gasteiger partial charge in [-0.1, -0.05) is 12.1 Å². The Kier molecular flexibility index (Phi) is 3.92. The summed E-state index contributed by atoms with van der Waals surface area (Å²) in [4.78, 5) is 0. The van der Waals surface area contributed by atoms with Gasteiger partial charge in [-0.2, -0.15) is 11.8 Å². The number of thioether (sulfide) groups is 1. The Morgan fingerprint density at radius 3 is 3.07 bits per heavy atom. The molecule has 0 bridgehead atoms. The maximum absolute atomic E-state index is 5.19. The lowest BCUT2D eigenvalue weighted by atomic mass is 10.1. The molecule has 3 heteroatoms. The van der Waals surface area contributed by atoms with E-state index in [9.17, 15) is 0 Å². The van der Waals surface area contributed by atoms with Crippen LogP contribution in [0.25, 0.3) is 0 Å². The predicted molar refractivity (Wildman–Crippen MR) is 65.6 cm³/mol. The molecule has 1 unspecified atom stereocenters. The Balaban J connectivity index is 1.76. The van der Waals surface area contributed by atoms with E-state index in [1.54, 1.807) is 7.11 Å². The molecule has 0 amide bonds. The lowest BCUT2D eigenvalue weighted by Gasteiger charge is -2.27. The molecule has 2 rings (SSSR count). The average molecular weight is 223 g/mol. The number of rotatable bonds is 5. The van der Waals surface area contributed by atoms with Crippen LogP contribution in [0.15, 0.2) is 24.3 Å². The van der Waals surface area contributed by atoms with Gasteiger partial charge in [-0.25, -0.2) is 0 Å². The Bertz CT molecular complexity index is 312. The number of hydrogen-bond donors (Lipinski definition) is 1. The van der Waals surface area contributed by atoms with Crippen LogP contribution in [0, 0.1) is 0 Å². The van der Waals surface area contributed by atoms with Crippen LogP contribution in [0.3, 0.4) is 0 Å². The summed E-state index contributed by atoms with van der Waals surface area (Å²) in [6, 6.07) is 9.06. The van der Waals surface area contributed by atoms with E-state index in [0.29, 0.717) is 0 Å². The highest BCUT2D eigenvalue weighted by atomic mass is 32.2. The van der Waals surface area contributed by atoms with Crippen molar-refractivity contribution in [1.82, 2.24) is 5.32 Å². The van der Waals surface area contributed by atoms with E-state index in [0.717, 1.165) is 17.5 Å². The lowest BCUT2D eigenvalue weighted by molar-refractivity contribution is 0.405. The van der Waals surface area contributed by atoms with E-state index in [1.165, 1.54) is 24.3 Å². The number of nitrogens with one attached hydrogen (secondary N) is 1. The van der Waals surface area contributed by atoms with Gasteiger partial charge in [0.25, 0.3) is 0 Å². The van der Waals surface area contributed by atoms with Crippen molar-refractivity contribution in [2.45, 2.75) is 18.2 Å². The minimum Gasteiger partial charge on any atom is -0.497 e. The Hall–Kier alpha value is -0.670. The molecule has 1 aliphatic rings. The molecule has 1 aromatic rings. The zero-order chi connectivity index (χ0) is 10.5. The molecule has 1 heterocycles. The third-order valence-corrected chi connectivity index (χ3v) is 3.82. The predicted octanol–water partition coefficient (Wildman–Crippen LogP) is 2.29. The van der Waals surface area contributed by atoms with E-state index in [2.05, 4.69) is 23.5 Å². The number of hydrogen-bond acceptors (Lipinski definition) is 3. The summed E-state index contributed by atoms with van der Waals surface area (Å²) in [6.07, 6.45) is 1.34. The second-order valence-electron chi connectivity index (χ2n) is 3.81. The molecule has 0 saturated carbocycles. The first-order valence-corrected chi connectivity index (χ1v) is 6.48. The molecule has 1 aliphatic heterocycles. The Morgan fingerprint density at radius 2 is 2.40 bits per heavy atom. The molecule has 1 fully saturated rings. The van der Waals surface area contributed by atoms with Crippen LogP contribution in [-0.4, -0.2) is 25.4 Å². The zero-order valence-corrected chi connectivity index (χ0v) is 9.85. The van der Waals surface area contributed by atoms with Crippen LogP contribution in [-0.2, 0) is 5.75 Å². The monoisotopic (exact) mass is 223 g/mol. The molecular weight excluding hydrogens is 206 g/mol. The fraction of sp³-hybridized carbons (Fsp3) is 0.500. The maximum Gasteiger partial charge on any atom is 0.119 e. The highest BCUT2D eigenvalue weighted by Crippen LogP contribution is 2.19. The van der Waals surface area contributed by atoms with Crippen molar-refractivity contribution in [1.29, 1.82) is 0 Å².